The third-order valence-electron chi connectivity index (χ3n) is 2.24. The van der Waals surface area contributed by atoms with E-state index in [9.17, 15) is 39.5 Å². The lowest BCUT2D eigenvalue weighted by Crippen LogP contribution is -2.59. The minimum atomic E-state index is -6.95. The average Bonchev–Trinajstić information content (AvgIpc) is 2.26. The van der Waals surface area contributed by atoms with Gasteiger partial charge in [0.2, 0.25) is 0 Å². The zero-order valence-corrected chi connectivity index (χ0v) is 9.16. The maximum absolute atomic E-state index is 13.3. The van der Waals surface area contributed by atoms with Crippen LogP contribution in [0.5, 0.6) is 0 Å². The van der Waals surface area contributed by atoms with Crippen molar-refractivity contribution in [3.63, 3.8) is 0 Å². The predicted octanol–water partition coefficient (Wildman–Crippen LogP) is 3.59. The van der Waals surface area contributed by atoms with Crippen molar-refractivity contribution in [2.45, 2.75) is 23.9 Å². The molecule has 0 aliphatic carbocycles. The number of aromatic nitrogens is 1. The van der Waals surface area contributed by atoms with Crippen LogP contribution >= 0.6 is 0 Å². The number of anilines is 1. The summed E-state index contributed by atoms with van der Waals surface area (Å²) in [6.45, 7) is 0. The molecule has 0 aromatic carbocycles. The molecule has 0 saturated carbocycles. The van der Waals surface area contributed by atoms with E-state index in [1.807, 2.05) is 0 Å². The van der Waals surface area contributed by atoms with Crippen LogP contribution in [-0.2, 0) is 5.92 Å². The molecule has 2 nitrogen and oxygen atoms in total. The van der Waals surface area contributed by atoms with Crippen LogP contribution in [0.1, 0.15) is 5.69 Å². The van der Waals surface area contributed by atoms with Crippen LogP contribution in [0.2, 0.25) is 0 Å². The summed E-state index contributed by atoms with van der Waals surface area (Å²) in [5.74, 6) is -20.3. The first kappa shape index (κ1) is 16.4. The fourth-order valence-corrected chi connectivity index (χ4v) is 1.16. The highest BCUT2D eigenvalue weighted by Gasteiger charge is 2.82. The minimum absolute atomic E-state index is 0.163. The topological polar surface area (TPSA) is 38.9 Å². The second kappa shape index (κ2) is 4.42. The molecule has 1 aromatic heterocycles. The van der Waals surface area contributed by atoms with Gasteiger partial charge >= 0.3 is 23.9 Å². The van der Waals surface area contributed by atoms with Gasteiger partial charge in [-0.1, -0.05) is 6.07 Å². The molecule has 0 bridgehead atoms. The number of hydrogen-bond donors (Lipinski definition) is 1. The van der Waals surface area contributed by atoms with Gasteiger partial charge in [-0.25, -0.2) is 4.98 Å². The Morgan fingerprint density at radius 3 is 1.70 bits per heavy atom. The Labute approximate surface area is 105 Å². The second-order valence-corrected chi connectivity index (χ2v) is 3.67. The van der Waals surface area contributed by atoms with E-state index in [1.165, 1.54) is 0 Å². The molecule has 1 aromatic rings. The van der Waals surface area contributed by atoms with Gasteiger partial charge in [-0.2, -0.15) is 39.5 Å². The number of nitrogens with zero attached hydrogens (tertiary/aromatic N) is 1. The van der Waals surface area contributed by atoms with Crippen molar-refractivity contribution in [1.82, 2.24) is 4.98 Å². The van der Waals surface area contributed by atoms with E-state index in [0.717, 1.165) is 6.07 Å². The quantitative estimate of drug-likeness (QED) is 0.866. The van der Waals surface area contributed by atoms with Crippen LogP contribution in [0.15, 0.2) is 18.2 Å². The first-order chi connectivity index (χ1) is 8.75. The molecule has 0 aliphatic heterocycles. The first-order valence-electron chi connectivity index (χ1n) is 4.68. The highest BCUT2D eigenvalue weighted by molar-refractivity contribution is 5.31. The van der Waals surface area contributed by atoms with Gasteiger partial charge in [0.05, 0.1) is 0 Å². The minimum Gasteiger partial charge on any atom is -0.384 e. The molecule has 0 radical (unpaired) electrons. The number of rotatable bonds is 3. The van der Waals surface area contributed by atoms with Crippen molar-refractivity contribution in [3.05, 3.63) is 23.9 Å². The zero-order chi connectivity index (χ0) is 16.0. The Bertz CT molecular complexity index is 494. The number of pyridine rings is 1. The molecule has 0 unspecified atom stereocenters. The standard InChI is InChI=1S/C9H5F9N2/c10-6(11,4-2-1-3-5(19)20-4)7(12,13)8(14,15)9(16,17)18/h1-3H,(H2,19,20). The van der Waals surface area contributed by atoms with Crippen molar-refractivity contribution in [1.29, 1.82) is 0 Å². The molecule has 1 heterocycles. The third-order valence-corrected chi connectivity index (χ3v) is 2.24. The molecule has 114 valence electrons. The fourth-order valence-electron chi connectivity index (χ4n) is 1.16. The van der Waals surface area contributed by atoms with Crippen molar-refractivity contribution in [3.8, 4) is 0 Å². The van der Waals surface area contributed by atoms with Crippen molar-refractivity contribution < 1.29 is 39.5 Å². The Balaban J connectivity index is 3.39. The fraction of sp³-hybridized carbons (Fsp3) is 0.444. The molecule has 0 amide bonds. The number of hydrogen-bond acceptors (Lipinski definition) is 2. The van der Waals surface area contributed by atoms with E-state index in [4.69, 9.17) is 5.73 Å². The van der Waals surface area contributed by atoms with Crippen molar-refractivity contribution in [2.24, 2.45) is 0 Å². The van der Waals surface area contributed by atoms with E-state index in [2.05, 4.69) is 4.98 Å². The summed E-state index contributed by atoms with van der Waals surface area (Å²) >= 11 is 0. The predicted molar refractivity (Wildman–Crippen MR) is 48.5 cm³/mol. The Kier molecular flexibility index (Phi) is 3.62. The Hall–Kier alpha value is -1.68. The smallest absolute Gasteiger partial charge is 0.384 e. The number of halogens is 9. The lowest BCUT2D eigenvalue weighted by atomic mass is 10.0. The average molecular weight is 312 g/mol. The molecule has 0 fully saturated rings. The molecule has 0 atom stereocenters. The summed E-state index contributed by atoms with van der Waals surface area (Å²) in [5, 5.41) is 0. The largest absolute Gasteiger partial charge is 0.460 e. The van der Waals surface area contributed by atoms with E-state index >= 15 is 0 Å². The third kappa shape index (κ3) is 2.24. The molecule has 11 heteroatoms. The number of nitrogen functional groups attached to an aromatic ring is 1. The molecule has 1 rings (SSSR count). The maximum Gasteiger partial charge on any atom is 0.460 e. The summed E-state index contributed by atoms with van der Waals surface area (Å²) in [6.07, 6.45) is -6.86. The van der Waals surface area contributed by atoms with Gasteiger partial charge in [0, 0.05) is 0 Å². The molecule has 2 N–H and O–H groups in total. The van der Waals surface area contributed by atoms with Crippen LogP contribution in [-0.4, -0.2) is 23.0 Å². The molecule has 0 spiro atoms. The summed E-state index contributed by atoms with van der Waals surface area (Å²) in [7, 11) is 0. The van der Waals surface area contributed by atoms with Crippen LogP contribution in [0, 0.1) is 0 Å². The lowest BCUT2D eigenvalue weighted by Gasteiger charge is -2.33. The molecule has 20 heavy (non-hydrogen) atoms. The molecule has 0 saturated heterocycles. The van der Waals surface area contributed by atoms with Crippen molar-refractivity contribution in [2.75, 3.05) is 5.73 Å². The summed E-state index contributed by atoms with van der Waals surface area (Å²) < 4.78 is 113. The molecule has 0 aliphatic rings. The van der Waals surface area contributed by atoms with Crippen molar-refractivity contribution >= 4 is 5.82 Å². The van der Waals surface area contributed by atoms with E-state index in [-0.39, 0.29) is 6.07 Å². The normalized spacial score (nSPS) is 14.4. The zero-order valence-electron chi connectivity index (χ0n) is 9.16. The summed E-state index contributed by atoms with van der Waals surface area (Å²) in [6, 6.07) is 1.68. The first-order valence-corrected chi connectivity index (χ1v) is 4.68. The van der Waals surface area contributed by atoms with E-state index < -0.39 is 35.5 Å². The number of alkyl halides is 9. The van der Waals surface area contributed by atoms with E-state index in [0.29, 0.717) is 6.07 Å². The van der Waals surface area contributed by atoms with Gasteiger partial charge in [0.15, 0.2) is 0 Å². The highest BCUT2D eigenvalue weighted by atomic mass is 19.4. The number of nitrogens with two attached hydrogens (primary N) is 1. The van der Waals surface area contributed by atoms with E-state index in [1.54, 1.807) is 0 Å². The van der Waals surface area contributed by atoms with Crippen LogP contribution < -0.4 is 5.73 Å². The SMILES string of the molecule is Nc1cccc(C(F)(F)C(F)(F)C(F)(F)C(F)(F)F)n1. The maximum atomic E-state index is 13.3. The van der Waals surface area contributed by atoms with Gasteiger partial charge in [-0.15, -0.1) is 0 Å². The monoisotopic (exact) mass is 312 g/mol. The Morgan fingerprint density at radius 2 is 1.30 bits per heavy atom. The van der Waals surface area contributed by atoms with Gasteiger partial charge < -0.3 is 5.73 Å². The molecular weight excluding hydrogens is 307 g/mol. The lowest BCUT2D eigenvalue weighted by molar-refractivity contribution is -0.400. The van der Waals surface area contributed by atoms with Gasteiger partial charge in [-0.05, 0) is 12.1 Å². The van der Waals surface area contributed by atoms with Gasteiger partial charge in [0.1, 0.15) is 11.5 Å². The van der Waals surface area contributed by atoms with Crippen LogP contribution in [0.3, 0.4) is 0 Å². The van der Waals surface area contributed by atoms with Crippen LogP contribution in [0.25, 0.3) is 0 Å². The van der Waals surface area contributed by atoms with Gasteiger partial charge in [-0.3, -0.25) is 0 Å². The van der Waals surface area contributed by atoms with Gasteiger partial charge in [0.25, 0.3) is 0 Å². The van der Waals surface area contributed by atoms with Crippen LogP contribution in [0.4, 0.5) is 45.3 Å². The summed E-state index contributed by atoms with van der Waals surface area (Å²) in [4.78, 5) is 2.65. The summed E-state index contributed by atoms with van der Waals surface area (Å²) in [5.41, 5.74) is 2.90. The second-order valence-electron chi connectivity index (χ2n) is 3.67. The Morgan fingerprint density at radius 1 is 0.800 bits per heavy atom. The molecular formula is C9H5F9N2. The highest BCUT2D eigenvalue weighted by Crippen LogP contribution is 2.56.